The molecule has 1 unspecified atom stereocenters. The summed E-state index contributed by atoms with van der Waals surface area (Å²) in [4.78, 5) is 20.9. The van der Waals surface area contributed by atoms with Gasteiger partial charge in [-0.05, 0) is 48.2 Å². The highest BCUT2D eigenvalue weighted by Gasteiger charge is 2.32. The highest BCUT2D eigenvalue weighted by molar-refractivity contribution is 5.45. The van der Waals surface area contributed by atoms with E-state index in [4.69, 9.17) is 4.74 Å². The van der Waals surface area contributed by atoms with Crippen LogP contribution in [-0.4, -0.2) is 58.9 Å². The summed E-state index contributed by atoms with van der Waals surface area (Å²) in [6, 6.07) is 17.2. The molecule has 5 rings (SSSR count). The van der Waals surface area contributed by atoms with E-state index < -0.39 is 5.56 Å². The largest absolute Gasteiger partial charge is 0.502 e. The zero-order chi connectivity index (χ0) is 25.8. The lowest BCUT2D eigenvalue weighted by molar-refractivity contribution is -0.0333. The predicted molar refractivity (Wildman–Crippen MR) is 144 cm³/mol. The van der Waals surface area contributed by atoms with Crippen LogP contribution in [0.3, 0.4) is 0 Å². The van der Waals surface area contributed by atoms with E-state index in [0.717, 1.165) is 42.9 Å². The molecule has 1 saturated heterocycles. The van der Waals surface area contributed by atoms with Crippen LogP contribution in [0.1, 0.15) is 47.7 Å². The van der Waals surface area contributed by atoms with Crippen LogP contribution < -0.4 is 10.9 Å². The van der Waals surface area contributed by atoms with Crippen LogP contribution in [0.2, 0.25) is 0 Å². The van der Waals surface area contributed by atoms with Gasteiger partial charge in [0, 0.05) is 62.3 Å². The summed E-state index contributed by atoms with van der Waals surface area (Å²) in [6.45, 7) is 5.79. The Bertz CT molecular complexity index is 1330. The summed E-state index contributed by atoms with van der Waals surface area (Å²) >= 11 is 0. The molecule has 7 nitrogen and oxygen atoms in total. The highest BCUT2D eigenvalue weighted by Crippen LogP contribution is 2.31. The van der Waals surface area contributed by atoms with E-state index in [1.807, 2.05) is 12.1 Å². The van der Waals surface area contributed by atoms with Crippen LogP contribution in [0.4, 0.5) is 0 Å². The number of likely N-dealkylation sites (tertiary alicyclic amines) is 1. The molecule has 37 heavy (non-hydrogen) atoms. The number of nitrogens with one attached hydrogen (secondary N) is 2. The molecule has 0 spiro atoms. The van der Waals surface area contributed by atoms with E-state index in [0.29, 0.717) is 24.3 Å². The lowest BCUT2D eigenvalue weighted by Crippen LogP contribution is -2.50. The molecule has 1 saturated carbocycles. The van der Waals surface area contributed by atoms with Gasteiger partial charge in [0.1, 0.15) is 0 Å². The highest BCUT2D eigenvalue weighted by atomic mass is 16.5. The van der Waals surface area contributed by atoms with Gasteiger partial charge in [-0.15, -0.1) is 0 Å². The molecule has 7 heteroatoms. The summed E-state index contributed by atoms with van der Waals surface area (Å²) in [7, 11) is 1.77. The van der Waals surface area contributed by atoms with Gasteiger partial charge in [0.15, 0.2) is 0 Å². The summed E-state index contributed by atoms with van der Waals surface area (Å²) in [5.41, 5.74) is 3.87. The van der Waals surface area contributed by atoms with Crippen molar-refractivity contribution >= 4 is 0 Å². The molecule has 1 aromatic heterocycles. The minimum atomic E-state index is -0.513. The van der Waals surface area contributed by atoms with Crippen LogP contribution in [-0.2, 0) is 23.1 Å². The third-order valence-corrected chi connectivity index (χ3v) is 7.37. The van der Waals surface area contributed by atoms with Crippen molar-refractivity contribution in [1.29, 1.82) is 0 Å². The Morgan fingerprint density at radius 2 is 1.76 bits per heavy atom. The number of aromatic hydroxyl groups is 1. The molecule has 2 heterocycles. The zero-order valence-corrected chi connectivity index (χ0v) is 21.5. The molecule has 2 aromatic carbocycles. The fourth-order valence-electron chi connectivity index (χ4n) is 4.70. The van der Waals surface area contributed by atoms with Crippen molar-refractivity contribution in [3.05, 3.63) is 93.2 Å². The second-order valence-electron chi connectivity index (χ2n) is 10.5. The van der Waals surface area contributed by atoms with Crippen LogP contribution in [0.25, 0.3) is 0 Å². The van der Waals surface area contributed by atoms with Crippen LogP contribution >= 0.6 is 0 Å². The standard InChI is InChI=1S/C30H34N4O3/c1-30(19-31-25-13-14-25,15-27-28(35)29(36)33-20-32-27)24-11-9-22(10-12-24)4-3-21-5-7-23(8-6-21)16-34-17-26(18-34)37-2/h5-12,20,25-26,31,35H,13-19H2,1-2H3,(H,32,33,36). The van der Waals surface area contributed by atoms with Crippen molar-refractivity contribution in [2.45, 2.75) is 50.3 Å². The maximum Gasteiger partial charge on any atom is 0.293 e. The average Bonchev–Trinajstić information content (AvgIpc) is 3.72. The van der Waals surface area contributed by atoms with Crippen LogP contribution in [0, 0.1) is 11.8 Å². The molecule has 3 N–H and O–H groups in total. The Morgan fingerprint density at radius 3 is 2.38 bits per heavy atom. The second-order valence-corrected chi connectivity index (χ2v) is 10.5. The number of aromatic amines is 1. The molecule has 1 aliphatic carbocycles. The van der Waals surface area contributed by atoms with Crippen LogP contribution in [0.15, 0.2) is 59.7 Å². The summed E-state index contributed by atoms with van der Waals surface area (Å²) < 4.78 is 5.34. The SMILES string of the molecule is COC1CN(Cc2ccc(C#Cc3ccc(C(C)(CNC4CC4)Cc4nc[nH]c(=O)c4O)cc3)cc2)C1. The van der Waals surface area contributed by atoms with E-state index in [1.54, 1.807) is 7.11 Å². The van der Waals surface area contributed by atoms with Gasteiger partial charge in [0.2, 0.25) is 5.75 Å². The molecule has 0 radical (unpaired) electrons. The molecule has 2 aliphatic rings. The molecule has 2 fully saturated rings. The summed E-state index contributed by atoms with van der Waals surface area (Å²) in [6.07, 6.45) is 4.54. The lowest BCUT2D eigenvalue weighted by atomic mass is 9.78. The van der Waals surface area contributed by atoms with Gasteiger partial charge in [0.25, 0.3) is 5.56 Å². The van der Waals surface area contributed by atoms with Gasteiger partial charge in [-0.3, -0.25) is 9.69 Å². The number of hydrogen-bond donors (Lipinski definition) is 3. The van der Waals surface area contributed by atoms with Gasteiger partial charge in [0.05, 0.1) is 18.1 Å². The number of hydrogen-bond acceptors (Lipinski definition) is 6. The average molecular weight is 499 g/mol. The minimum absolute atomic E-state index is 0.308. The smallest absolute Gasteiger partial charge is 0.293 e. The fourth-order valence-corrected chi connectivity index (χ4v) is 4.70. The molecule has 192 valence electrons. The first-order chi connectivity index (χ1) is 17.9. The molecular formula is C30H34N4O3. The maximum absolute atomic E-state index is 11.9. The lowest BCUT2D eigenvalue weighted by Gasteiger charge is -2.38. The Balaban J connectivity index is 1.27. The first kappa shape index (κ1) is 25.2. The van der Waals surface area contributed by atoms with Crippen molar-refractivity contribution in [2.75, 3.05) is 26.7 Å². The van der Waals surface area contributed by atoms with E-state index in [-0.39, 0.29) is 11.2 Å². The molecule has 3 aromatic rings. The van der Waals surface area contributed by atoms with E-state index in [9.17, 15) is 9.90 Å². The molecule has 1 aliphatic heterocycles. The van der Waals surface area contributed by atoms with Crippen molar-refractivity contribution in [1.82, 2.24) is 20.2 Å². The Labute approximate surface area is 217 Å². The monoisotopic (exact) mass is 498 g/mol. The Kier molecular flexibility index (Phi) is 7.43. The summed E-state index contributed by atoms with van der Waals surface area (Å²) in [5.74, 6) is 6.23. The summed E-state index contributed by atoms with van der Waals surface area (Å²) in [5, 5.41) is 13.9. The molecular weight excluding hydrogens is 464 g/mol. The van der Waals surface area contributed by atoms with Gasteiger partial charge in [-0.1, -0.05) is 43.0 Å². The maximum atomic E-state index is 11.9. The number of ether oxygens (including phenoxy) is 1. The minimum Gasteiger partial charge on any atom is -0.502 e. The predicted octanol–water partition coefficient (Wildman–Crippen LogP) is 2.96. The van der Waals surface area contributed by atoms with E-state index in [1.165, 1.54) is 24.7 Å². The molecule has 0 bridgehead atoms. The fraction of sp³-hybridized carbons (Fsp3) is 0.400. The topological polar surface area (TPSA) is 90.5 Å². The molecule has 0 amide bonds. The van der Waals surface area contributed by atoms with Crippen molar-refractivity contribution in [2.24, 2.45) is 0 Å². The number of benzene rings is 2. The van der Waals surface area contributed by atoms with Gasteiger partial charge >= 0.3 is 0 Å². The van der Waals surface area contributed by atoms with Crippen molar-refractivity contribution < 1.29 is 9.84 Å². The van der Waals surface area contributed by atoms with Gasteiger partial charge < -0.3 is 20.1 Å². The first-order valence-electron chi connectivity index (χ1n) is 12.9. The number of nitrogens with zero attached hydrogens (tertiary/aromatic N) is 2. The quantitative estimate of drug-likeness (QED) is 0.393. The number of H-pyrrole nitrogens is 1. The Morgan fingerprint density at radius 1 is 1.11 bits per heavy atom. The third kappa shape index (κ3) is 6.28. The van der Waals surface area contributed by atoms with Crippen molar-refractivity contribution in [3.8, 4) is 17.6 Å². The van der Waals surface area contributed by atoms with E-state index >= 15 is 0 Å². The van der Waals surface area contributed by atoms with Gasteiger partial charge in [-0.25, -0.2) is 4.98 Å². The molecule has 1 atom stereocenters. The van der Waals surface area contributed by atoms with E-state index in [2.05, 4.69) is 75.3 Å². The van der Waals surface area contributed by atoms with Crippen LogP contribution in [0.5, 0.6) is 5.75 Å². The van der Waals surface area contributed by atoms with Gasteiger partial charge in [-0.2, -0.15) is 0 Å². The Hall–Kier alpha value is -3.44. The number of aromatic nitrogens is 2. The zero-order valence-electron chi connectivity index (χ0n) is 21.5. The normalized spacial score (nSPS) is 17.5. The number of methoxy groups -OCH3 is 1. The second kappa shape index (κ2) is 10.9. The third-order valence-electron chi connectivity index (χ3n) is 7.37. The first-order valence-corrected chi connectivity index (χ1v) is 12.9. The number of rotatable bonds is 9. The van der Waals surface area contributed by atoms with Crippen molar-refractivity contribution in [3.63, 3.8) is 0 Å².